The van der Waals surface area contributed by atoms with Crippen LogP contribution in [0.4, 0.5) is 11.4 Å². The predicted octanol–water partition coefficient (Wildman–Crippen LogP) is 3.58. The monoisotopic (exact) mass is 473 g/mol. The highest BCUT2D eigenvalue weighted by atomic mass is 35.5. The summed E-state index contributed by atoms with van der Waals surface area (Å²) in [7, 11) is 1.44. The number of hydrogen-bond acceptors (Lipinski definition) is 6. The third kappa shape index (κ3) is 3.37. The van der Waals surface area contributed by atoms with E-state index < -0.39 is 29.0 Å². The summed E-state index contributed by atoms with van der Waals surface area (Å²) in [6.07, 6.45) is 5.47. The van der Waals surface area contributed by atoms with Crippen LogP contribution in [-0.2, 0) is 10.3 Å². The Hall–Kier alpha value is -3.07. The van der Waals surface area contributed by atoms with Gasteiger partial charge in [-0.05, 0) is 68.1 Å². The molecule has 9 nitrogen and oxygen atoms in total. The topological polar surface area (TPSA) is 131 Å². The molecule has 4 saturated carbocycles. The number of aromatic nitrogens is 2. The maximum Gasteiger partial charge on any atom is 0.335 e. The van der Waals surface area contributed by atoms with Crippen LogP contribution < -0.4 is 15.6 Å². The van der Waals surface area contributed by atoms with Crippen molar-refractivity contribution in [3.63, 3.8) is 0 Å². The molecule has 4 aliphatic rings. The molecule has 174 valence electrons. The van der Waals surface area contributed by atoms with E-state index >= 15 is 0 Å². The van der Waals surface area contributed by atoms with Gasteiger partial charge in [-0.15, -0.1) is 0 Å². The van der Waals surface area contributed by atoms with Crippen LogP contribution in [-0.4, -0.2) is 39.0 Å². The van der Waals surface area contributed by atoms with E-state index in [0.29, 0.717) is 36.1 Å². The van der Waals surface area contributed by atoms with E-state index in [9.17, 15) is 24.6 Å². The van der Waals surface area contributed by atoms with E-state index in [1.807, 2.05) is 0 Å². The number of carboxylic acids is 2. The Morgan fingerprint density at radius 3 is 2.48 bits per heavy atom. The molecule has 4 aliphatic carbocycles. The highest BCUT2D eigenvalue weighted by molar-refractivity contribution is 6.33. The molecular formula is C23H24ClN3O6. The zero-order valence-corrected chi connectivity index (χ0v) is 18.7. The smallest absolute Gasteiger partial charge is 0.335 e. The summed E-state index contributed by atoms with van der Waals surface area (Å²) in [5, 5.41) is 26.6. The summed E-state index contributed by atoms with van der Waals surface area (Å²) in [4.78, 5) is 37.0. The Labute approximate surface area is 194 Å². The summed E-state index contributed by atoms with van der Waals surface area (Å²) >= 11 is 6.47. The van der Waals surface area contributed by atoms with Crippen molar-refractivity contribution < 1.29 is 24.5 Å². The van der Waals surface area contributed by atoms with Gasteiger partial charge in [0.05, 0.1) is 41.7 Å². The molecule has 0 aliphatic heterocycles. The quantitative estimate of drug-likeness (QED) is 0.580. The zero-order valence-electron chi connectivity index (χ0n) is 18.0. The van der Waals surface area contributed by atoms with Crippen LogP contribution in [0.5, 0.6) is 5.75 Å². The Kier molecular flexibility index (Phi) is 5.12. The van der Waals surface area contributed by atoms with Gasteiger partial charge in [-0.3, -0.25) is 9.59 Å². The van der Waals surface area contributed by atoms with E-state index in [4.69, 9.17) is 16.3 Å². The van der Waals surface area contributed by atoms with Crippen molar-refractivity contribution in [3.05, 3.63) is 45.3 Å². The molecule has 10 heteroatoms. The van der Waals surface area contributed by atoms with Gasteiger partial charge < -0.3 is 20.3 Å². The van der Waals surface area contributed by atoms with Crippen LogP contribution in [0.15, 0.2) is 29.2 Å². The average molecular weight is 474 g/mol. The Morgan fingerprint density at radius 2 is 1.88 bits per heavy atom. The fraction of sp³-hybridized carbons (Fsp3) is 0.478. The summed E-state index contributed by atoms with van der Waals surface area (Å²) in [5.41, 5.74) is -0.885. The molecule has 3 N–H and O–H groups in total. The second-order valence-corrected chi connectivity index (χ2v) is 9.84. The van der Waals surface area contributed by atoms with Gasteiger partial charge in [-0.1, -0.05) is 11.6 Å². The fourth-order valence-electron chi connectivity index (χ4n) is 6.65. The van der Waals surface area contributed by atoms with Crippen molar-refractivity contribution >= 4 is 34.9 Å². The highest BCUT2D eigenvalue weighted by Gasteiger charge is 2.61. The summed E-state index contributed by atoms with van der Waals surface area (Å²) in [6, 6.07) is 4.28. The Bertz CT molecular complexity index is 1200. The summed E-state index contributed by atoms with van der Waals surface area (Å²) in [5.74, 6) is -1.47. The van der Waals surface area contributed by atoms with E-state index in [1.165, 1.54) is 36.2 Å². The lowest BCUT2D eigenvalue weighted by Gasteiger charge is -2.59. The number of anilines is 2. The van der Waals surface area contributed by atoms with Crippen molar-refractivity contribution in [3.8, 4) is 5.75 Å². The number of hydrogen-bond donors (Lipinski definition) is 3. The lowest BCUT2D eigenvalue weighted by Crippen LogP contribution is -2.63. The number of nitrogens with zero attached hydrogens (tertiary/aromatic N) is 2. The van der Waals surface area contributed by atoms with Gasteiger partial charge >= 0.3 is 11.9 Å². The van der Waals surface area contributed by atoms with E-state index in [-0.39, 0.29) is 22.2 Å². The minimum atomic E-state index is -1.11. The molecule has 6 rings (SSSR count). The van der Waals surface area contributed by atoms with E-state index in [0.717, 1.165) is 19.3 Å². The van der Waals surface area contributed by atoms with Crippen molar-refractivity contribution in [2.24, 2.45) is 23.7 Å². The molecule has 33 heavy (non-hydrogen) atoms. The molecule has 4 fully saturated rings. The minimum absolute atomic E-state index is 0.0357. The van der Waals surface area contributed by atoms with Crippen LogP contribution in [0.25, 0.3) is 0 Å². The normalized spacial score (nSPS) is 29.6. The fourth-order valence-corrected chi connectivity index (χ4v) is 6.83. The molecule has 0 spiro atoms. The highest BCUT2D eigenvalue weighted by Crippen LogP contribution is 2.61. The molecule has 0 radical (unpaired) electrons. The molecule has 2 aromatic rings. The number of carboxylic acid groups (broad SMARTS) is 2. The van der Waals surface area contributed by atoms with Crippen LogP contribution in [0, 0.1) is 23.7 Å². The van der Waals surface area contributed by atoms with Crippen LogP contribution in [0.1, 0.15) is 42.5 Å². The van der Waals surface area contributed by atoms with E-state index in [2.05, 4.69) is 10.4 Å². The van der Waals surface area contributed by atoms with Crippen LogP contribution in [0.3, 0.4) is 0 Å². The molecule has 0 unspecified atom stereocenters. The predicted molar refractivity (Wildman–Crippen MR) is 119 cm³/mol. The summed E-state index contributed by atoms with van der Waals surface area (Å²) in [6.45, 7) is 0. The average Bonchev–Trinajstić information content (AvgIpc) is 2.75. The maximum absolute atomic E-state index is 13.4. The number of carbonyl (C=O) groups is 2. The Balaban J connectivity index is 1.55. The molecule has 4 bridgehead atoms. The van der Waals surface area contributed by atoms with Crippen molar-refractivity contribution in [2.75, 3.05) is 12.4 Å². The second-order valence-electron chi connectivity index (χ2n) is 9.46. The van der Waals surface area contributed by atoms with Gasteiger partial charge in [0, 0.05) is 0 Å². The minimum Gasteiger partial charge on any atom is -0.495 e. The lowest BCUT2D eigenvalue weighted by atomic mass is 9.48. The number of benzene rings is 1. The molecule has 1 aromatic heterocycles. The number of ether oxygens (including phenoxy) is 1. The van der Waals surface area contributed by atoms with Gasteiger partial charge in [-0.2, -0.15) is 5.10 Å². The Morgan fingerprint density at radius 1 is 1.18 bits per heavy atom. The van der Waals surface area contributed by atoms with E-state index in [1.54, 1.807) is 0 Å². The molecule has 1 aromatic carbocycles. The number of aliphatic carboxylic acids is 1. The third-order valence-corrected chi connectivity index (χ3v) is 7.96. The first-order valence-electron chi connectivity index (χ1n) is 10.9. The molecule has 0 saturated heterocycles. The van der Waals surface area contributed by atoms with Gasteiger partial charge in [0.15, 0.2) is 0 Å². The molecule has 1 heterocycles. The molecule has 3 atom stereocenters. The van der Waals surface area contributed by atoms with Gasteiger partial charge in [0.1, 0.15) is 10.8 Å². The third-order valence-electron chi connectivity index (χ3n) is 7.60. The number of nitrogens with one attached hydrogen (secondary N) is 1. The number of aromatic carboxylic acids is 1. The summed E-state index contributed by atoms with van der Waals surface area (Å²) < 4.78 is 6.60. The largest absolute Gasteiger partial charge is 0.495 e. The SMILES string of the molecule is COc1ccc(C(=O)O)cc1Nc1cnn(C23C[C@@H]4CC(C[C@H](C4)C2)[C@@H]3C(=O)O)c(=O)c1Cl. The van der Waals surface area contributed by atoms with Gasteiger partial charge in [-0.25, -0.2) is 9.48 Å². The lowest BCUT2D eigenvalue weighted by molar-refractivity contribution is -0.168. The van der Waals surface area contributed by atoms with Crippen molar-refractivity contribution in [1.82, 2.24) is 9.78 Å². The van der Waals surface area contributed by atoms with Crippen molar-refractivity contribution in [1.29, 1.82) is 0 Å². The van der Waals surface area contributed by atoms with Crippen LogP contribution >= 0.6 is 11.6 Å². The molecular weight excluding hydrogens is 450 g/mol. The first-order valence-corrected chi connectivity index (χ1v) is 11.3. The standard InChI is InChI=1S/C23H24ClN3O6/c1-33-17-3-2-13(21(29)30)7-15(17)26-16-10-25-27(20(28)19(16)24)23-8-11-4-12(9-23)6-14(5-11)18(23)22(31)32/h2-3,7,10-12,14,18,26H,4-6,8-9H2,1H3,(H,29,30)(H,31,32)/t11-,12-,14?,18+,23?/m0/s1. The number of rotatable bonds is 6. The maximum atomic E-state index is 13.4. The second kappa shape index (κ2) is 7.76. The first kappa shape index (κ1) is 21.8. The molecule has 0 amide bonds. The van der Waals surface area contributed by atoms with Crippen LogP contribution in [0.2, 0.25) is 5.02 Å². The van der Waals surface area contributed by atoms with Crippen molar-refractivity contribution in [2.45, 2.75) is 37.6 Å². The number of methoxy groups -OCH3 is 1. The zero-order chi connectivity index (χ0) is 23.5. The van der Waals surface area contributed by atoms with Gasteiger partial charge in [0.25, 0.3) is 5.56 Å². The van der Waals surface area contributed by atoms with Gasteiger partial charge in [0.2, 0.25) is 0 Å². The number of halogens is 1. The first-order chi connectivity index (χ1) is 15.7.